The molecule has 0 spiro atoms. The largest absolute Gasteiger partial charge is 0.493 e. The van der Waals surface area contributed by atoms with E-state index in [1.807, 2.05) is 13.0 Å². The lowest BCUT2D eigenvalue weighted by Crippen LogP contribution is -2.34. The number of hydrogen-bond acceptors (Lipinski definition) is 5. The topological polar surface area (TPSA) is 76.7 Å². The minimum Gasteiger partial charge on any atom is -0.493 e. The van der Waals surface area contributed by atoms with Crippen LogP contribution in [-0.4, -0.2) is 30.2 Å². The van der Waals surface area contributed by atoms with Crippen LogP contribution in [0.15, 0.2) is 48.5 Å². The number of para-hydroxylation sites is 1. The molecule has 2 aromatic carbocycles. The van der Waals surface area contributed by atoms with Gasteiger partial charge in [-0.25, -0.2) is 4.79 Å². The number of carbonyl (C=O) groups is 2. The lowest BCUT2D eigenvalue weighted by molar-refractivity contribution is 0.0526. The maximum atomic E-state index is 12.5. The summed E-state index contributed by atoms with van der Waals surface area (Å²) in [6.07, 6.45) is 0.845. The van der Waals surface area contributed by atoms with Crippen molar-refractivity contribution in [2.75, 3.05) is 18.5 Å². The fourth-order valence-electron chi connectivity index (χ4n) is 2.23. The summed E-state index contributed by atoms with van der Waals surface area (Å²) in [5.41, 5.74) is 1.50. The molecule has 0 saturated heterocycles. The molecule has 0 aromatic heterocycles. The van der Waals surface area contributed by atoms with Crippen LogP contribution in [0.1, 0.15) is 41.0 Å². The Hall–Kier alpha value is -2.93. The first-order valence-corrected chi connectivity index (χ1v) is 9.07. The number of carbonyl (C=O) groups excluding carboxylic acids is 2. The molecule has 0 heterocycles. The fourth-order valence-corrected chi connectivity index (χ4v) is 2.44. The van der Waals surface area contributed by atoms with E-state index in [1.54, 1.807) is 49.4 Å². The summed E-state index contributed by atoms with van der Waals surface area (Å²) in [4.78, 5) is 24.1. The highest BCUT2D eigenvalue weighted by atomic mass is 32.1. The molecule has 2 rings (SSSR count). The van der Waals surface area contributed by atoms with E-state index in [0.717, 1.165) is 6.42 Å². The van der Waals surface area contributed by atoms with Gasteiger partial charge < -0.3 is 14.8 Å². The predicted octanol–water partition coefficient (Wildman–Crippen LogP) is 3.78. The van der Waals surface area contributed by atoms with Crippen LogP contribution in [0.5, 0.6) is 5.75 Å². The van der Waals surface area contributed by atoms with Crippen LogP contribution in [0.3, 0.4) is 0 Å². The van der Waals surface area contributed by atoms with Crippen LogP contribution < -0.4 is 15.4 Å². The van der Waals surface area contributed by atoms with Gasteiger partial charge in [0, 0.05) is 5.69 Å². The van der Waals surface area contributed by atoms with Gasteiger partial charge in [-0.3, -0.25) is 10.1 Å². The Morgan fingerprint density at radius 1 is 1.04 bits per heavy atom. The zero-order valence-electron chi connectivity index (χ0n) is 15.3. The van der Waals surface area contributed by atoms with E-state index < -0.39 is 0 Å². The summed E-state index contributed by atoms with van der Waals surface area (Å²) in [6, 6.07) is 13.6. The van der Waals surface area contributed by atoms with Crippen LogP contribution in [0.4, 0.5) is 5.69 Å². The first kappa shape index (κ1) is 20.4. The summed E-state index contributed by atoms with van der Waals surface area (Å²) in [5.74, 6) is -0.232. The molecule has 0 fully saturated rings. The molecule has 0 aliphatic rings. The van der Waals surface area contributed by atoms with Crippen LogP contribution in [0.25, 0.3) is 0 Å². The standard InChI is InChI=1S/C20H22N2O4S/c1-3-13-26-17-8-6-5-7-16(17)18(23)22-20(27)21-15-11-9-14(10-12-15)19(24)25-4-2/h5-12H,3-4,13H2,1-2H3,(H2,21,22,23,27). The summed E-state index contributed by atoms with van der Waals surface area (Å²) >= 11 is 5.19. The number of benzene rings is 2. The number of anilines is 1. The van der Waals surface area contributed by atoms with E-state index >= 15 is 0 Å². The molecule has 0 radical (unpaired) electrons. The number of nitrogens with one attached hydrogen (secondary N) is 2. The SMILES string of the molecule is CCCOc1ccccc1C(=O)NC(=S)Nc1ccc(C(=O)OCC)cc1. The number of rotatable bonds is 7. The number of amides is 1. The smallest absolute Gasteiger partial charge is 0.338 e. The fraction of sp³-hybridized carbons (Fsp3) is 0.250. The second-order valence-electron chi connectivity index (χ2n) is 5.55. The highest BCUT2D eigenvalue weighted by molar-refractivity contribution is 7.80. The maximum absolute atomic E-state index is 12.5. The van der Waals surface area contributed by atoms with Crippen molar-refractivity contribution < 1.29 is 19.1 Å². The van der Waals surface area contributed by atoms with Gasteiger partial charge in [-0.1, -0.05) is 19.1 Å². The van der Waals surface area contributed by atoms with Gasteiger partial charge in [0.1, 0.15) is 5.75 Å². The van der Waals surface area contributed by atoms with Gasteiger partial charge in [-0.05, 0) is 62.0 Å². The summed E-state index contributed by atoms with van der Waals surface area (Å²) < 4.78 is 10.5. The lowest BCUT2D eigenvalue weighted by Gasteiger charge is -2.13. The molecule has 6 nitrogen and oxygen atoms in total. The van der Waals surface area contributed by atoms with Crippen LogP contribution >= 0.6 is 12.2 Å². The van der Waals surface area contributed by atoms with Gasteiger partial charge in [0.15, 0.2) is 5.11 Å². The second-order valence-corrected chi connectivity index (χ2v) is 5.96. The molecular formula is C20H22N2O4S. The van der Waals surface area contributed by atoms with Gasteiger partial charge in [-0.15, -0.1) is 0 Å². The number of ether oxygens (including phenoxy) is 2. The molecule has 0 bridgehead atoms. The Morgan fingerprint density at radius 2 is 1.74 bits per heavy atom. The van der Waals surface area contributed by atoms with E-state index in [9.17, 15) is 9.59 Å². The minimum atomic E-state index is -0.386. The van der Waals surface area contributed by atoms with Crippen molar-refractivity contribution in [1.29, 1.82) is 0 Å². The molecule has 27 heavy (non-hydrogen) atoms. The Bertz CT molecular complexity index is 806. The predicted molar refractivity (Wildman–Crippen MR) is 108 cm³/mol. The number of hydrogen-bond donors (Lipinski definition) is 2. The normalized spacial score (nSPS) is 10.0. The van der Waals surface area contributed by atoms with Gasteiger partial charge in [0.05, 0.1) is 24.3 Å². The highest BCUT2D eigenvalue weighted by Gasteiger charge is 2.13. The second kappa shape index (κ2) is 10.3. The molecule has 142 valence electrons. The molecule has 0 saturated carbocycles. The van der Waals surface area contributed by atoms with Gasteiger partial charge in [0.2, 0.25) is 0 Å². The van der Waals surface area contributed by atoms with Crippen LogP contribution in [0.2, 0.25) is 0 Å². The zero-order chi connectivity index (χ0) is 19.6. The first-order valence-electron chi connectivity index (χ1n) is 8.66. The monoisotopic (exact) mass is 386 g/mol. The van der Waals surface area contributed by atoms with E-state index in [2.05, 4.69) is 10.6 Å². The van der Waals surface area contributed by atoms with Crippen LogP contribution in [0, 0.1) is 0 Å². The molecule has 0 aliphatic carbocycles. The molecule has 0 unspecified atom stereocenters. The summed E-state index contributed by atoms with van der Waals surface area (Å²) in [6.45, 7) is 4.59. The lowest BCUT2D eigenvalue weighted by atomic mass is 10.2. The third-order valence-electron chi connectivity index (χ3n) is 3.47. The molecule has 2 N–H and O–H groups in total. The summed E-state index contributed by atoms with van der Waals surface area (Å²) in [5, 5.41) is 5.69. The number of thiocarbonyl (C=S) groups is 1. The third kappa shape index (κ3) is 6.07. The van der Waals surface area contributed by atoms with Gasteiger partial charge in [-0.2, -0.15) is 0 Å². The average Bonchev–Trinajstić information content (AvgIpc) is 2.67. The Morgan fingerprint density at radius 3 is 2.41 bits per heavy atom. The third-order valence-corrected chi connectivity index (χ3v) is 3.68. The Balaban J connectivity index is 1.97. The summed E-state index contributed by atoms with van der Waals surface area (Å²) in [7, 11) is 0. The van der Waals surface area contributed by atoms with Gasteiger partial charge >= 0.3 is 5.97 Å². The van der Waals surface area contributed by atoms with E-state index in [4.69, 9.17) is 21.7 Å². The molecule has 2 aromatic rings. The Kier molecular flexibility index (Phi) is 7.76. The zero-order valence-corrected chi connectivity index (χ0v) is 16.1. The Labute approximate surface area is 163 Å². The van der Waals surface area contributed by atoms with Crippen molar-refractivity contribution >= 4 is 34.9 Å². The van der Waals surface area contributed by atoms with Crippen molar-refractivity contribution in [3.8, 4) is 5.75 Å². The molecule has 0 atom stereocenters. The highest BCUT2D eigenvalue weighted by Crippen LogP contribution is 2.18. The first-order chi connectivity index (χ1) is 13.0. The average molecular weight is 386 g/mol. The van der Waals surface area contributed by atoms with Crippen molar-refractivity contribution in [2.45, 2.75) is 20.3 Å². The van der Waals surface area contributed by atoms with Crippen LogP contribution in [-0.2, 0) is 4.74 Å². The van der Waals surface area contributed by atoms with Gasteiger partial charge in [0.25, 0.3) is 5.91 Å². The molecule has 0 aliphatic heterocycles. The number of esters is 1. The van der Waals surface area contributed by atoms with E-state index in [0.29, 0.717) is 35.8 Å². The van der Waals surface area contributed by atoms with Crippen molar-refractivity contribution in [3.63, 3.8) is 0 Å². The minimum absolute atomic E-state index is 0.147. The molecule has 1 amide bonds. The molecule has 7 heteroatoms. The van der Waals surface area contributed by atoms with Crippen molar-refractivity contribution in [2.24, 2.45) is 0 Å². The van der Waals surface area contributed by atoms with Crippen molar-refractivity contribution in [1.82, 2.24) is 5.32 Å². The van der Waals surface area contributed by atoms with Crippen molar-refractivity contribution in [3.05, 3.63) is 59.7 Å². The van der Waals surface area contributed by atoms with E-state index in [1.165, 1.54) is 0 Å². The maximum Gasteiger partial charge on any atom is 0.338 e. The van der Waals surface area contributed by atoms with E-state index in [-0.39, 0.29) is 17.0 Å². The quantitative estimate of drug-likeness (QED) is 0.557. The molecular weight excluding hydrogens is 364 g/mol.